The van der Waals surface area contributed by atoms with Gasteiger partial charge >= 0.3 is 5.97 Å². The molecule has 0 spiro atoms. The first-order valence-electron chi connectivity index (χ1n) is 6.93. The predicted molar refractivity (Wildman–Crippen MR) is 77.0 cm³/mol. The molecule has 0 aromatic heterocycles. The van der Waals surface area contributed by atoms with E-state index in [4.69, 9.17) is 5.11 Å². The number of amides is 1. The molecule has 1 unspecified atom stereocenters. The van der Waals surface area contributed by atoms with Crippen molar-refractivity contribution < 1.29 is 14.7 Å². The van der Waals surface area contributed by atoms with Gasteiger partial charge < -0.3 is 15.7 Å². The highest BCUT2D eigenvalue weighted by molar-refractivity contribution is 5.95. The average Bonchev–Trinajstić information content (AvgIpc) is 2.43. The van der Waals surface area contributed by atoms with Gasteiger partial charge in [0.15, 0.2) is 0 Å². The number of carbonyl (C=O) groups excluding carboxylic acids is 1. The Morgan fingerprint density at radius 3 is 3.00 bits per heavy atom. The maximum absolute atomic E-state index is 12.0. The Morgan fingerprint density at radius 1 is 1.45 bits per heavy atom. The third-order valence-electron chi connectivity index (χ3n) is 3.44. The summed E-state index contributed by atoms with van der Waals surface area (Å²) in [5.74, 6) is -1.06. The van der Waals surface area contributed by atoms with Crippen LogP contribution in [-0.2, 0) is 11.2 Å². The molecule has 108 valence electrons. The van der Waals surface area contributed by atoms with Crippen molar-refractivity contribution in [1.29, 1.82) is 0 Å². The maximum atomic E-state index is 12.0. The van der Waals surface area contributed by atoms with Gasteiger partial charge in [-0.3, -0.25) is 9.59 Å². The zero-order valence-electron chi connectivity index (χ0n) is 11.6. The summed E-state index contributed by atoms with van der Waals surface area (Å²) in [7, 11) is 0. The van der Waals surface area contributed by atoms with Crippen molar-refractivity contribution in [2.75, 3.05) is 18.4 Å². The second-order valence-corrected chi connectivity index (χ2v) is 5.32. The molecule has 1 heterocycles. The fourth-order valence-corrected chi connectivity index (χ4v) is 2.36. The fourth-order valence-electron chi connectivity index (χ4n) is 2.36. The minimum atomic E-state index is -0.841. The molecule has 0 bridgehead atoms. The first-order valence-corrected chi connectivity index (χ1v) is 6.93. The van der Waals surface area contributed by atoms with Gasteiger partial charge in [-0.1, -0.05) is 6.92 Å². The van der Waals surface area contributed by atoms with Crippen LogP contribution in [0.3, 0.4) is 0 Å². The topological polar surface area (TPSA) is 78.4 Å². The number of nitrogens with one attached hydrogen (secondary N) is 2. The first-order chi connectivity index (χ1) is 9.56. The largest absolute Gasteiger partial charge is 0.481 e. The number of hydrogen-bond donors (Lipinski definition) is 3. The van der Waals surface area contributed by atoms with Gasteiger partial charge in [-0.05, 0) is 42.5 Å². The predicted octanol–water partition coefficient (Wildman–Crippen LogP) is 1.89. The number of carboxylic acid groups (broad SMARTS) is 1. The van der Waals surface area contributed by atoms with Crippen LogP contribution in [0.1, 0.15) is 35.7 Å². The molecule has 0 radical (unpaired) electrons. The molecule has 1 aromatic rings. The number of carboxylic acids is 1. The Kier molecular flexibility index (Phi) is 4.61. The van der Waals surface area contributed by atoms with Crippen molar-refractivity contribution >= 4 is 17.6 Å². The van der Waals surface area contributed by atoms with E-state index in [1.165, 1.54) is 5.56 Å². The summed E-state index contributed by atoms with van der Waals surface area (Å²) in [4.78, 5) is 22.6. The van der Waals surface area contributed by atoms with Crippen LogP contribution in [-0.4, -0.2) is 30.1 Å². The van der Waals surface area contributed by atoms with E-state index in [9.17, 15) is 9.59 Å². The monoisotopic (exact) mass is 276 g/mol. The van der Waals surface area contributed by atoms with E-state index in [2.05, 4.69) is 10.6 Å². The molecular weight excluding hydrogens is 256 g/mol. The van der Waals surface area contributed by atoms with Crippen LogP contribution in [0.2, 0.25) is 0 Å². The van der Waals surface area contributed by atoms with Gasteiger partial charge in [-0.15, -0.1) is 0 Å². The summed E-state index contributed by atoms with van der Waals surface area (Å²) in [5, 5.41) is 14.8. The van der Waals surface area contributed by atoms with Gasteiger partial charge in [-0.25, -0.2) is 0 Å². The highest BCUT2D eigenvalue weighted by atomic mass is 16.4. The molecule has 5 heteroatoms. The lowest BCUT2D eigenvalue weighted by Crippen LogP contribution is -2.29. The van der Waals surface area contributed by atoms with E-state index in [0.29, 0.717) is 12.1 Å². The van der Waals surface area contributed by atoms with Crippen molar-refractivity contribution in [3.63, 3.8) is 0 Å². The number of carbonyl (C=O) groups is 2. The van der Waals surface area contributed by atoms with Crippen molar-refractivity contribution in [3.8, 4) is 0 Å². The van der Waals surface area contributed by atoms with E-state index in [-0.39, 0.29) is 18.2 Å². The number of fused-ring (bicyclic) bond motifs is 1. The van der Waals surface area contributed by atoms with Gasteiger partial charge in [-0.2, -0.15) is 0 Å². The van der Waals surface area contributed by atoms with E-state index in [0.717, 1.165) is 25.1 Å². The fraction of sp³-hybridized carbons (Fsp3) is 0.467. The standard InChI is InChI=1S/C15H20N2O3/c1-10(7-14(18)19)9-17-15(20)12-4-5-13-11(8-12)3-2-6-16-13/h4-5,8,10,16H,2-3,6-7,9H2,1H3,(H,17,20)(H,18,19). The Bertz CT molecular complexity index is 514. The molecule has 20 heavy (non-hydrogen) atoms. The van der Waals surface area contributed by atoms with Crippen LogP contribution < -0.4 is 10.6 Å². The molecule has 0 saturated carbocycles. The average molecular weight is 276 g/mol. The number of anilines is 1. The number of aryl methyl sites for hydroxylation is 1. The molecule has 2 rings (SSSR count). The van der Waals surface area contributed by atoms with Crippen LogP contribution in [0.15, 0.2) is 18.2 Å². The third-order valence-corrected chi connectivity index (χ3v) is 3.44. The molecule has 5 nitrogen and oxygen atoms in total. The van der Waals surface area contributed by atoms with Crippen molar-refractivity contribution in [2.24, 2.45) is 5.92 Å². The van der Waals surface area contributed by atoms with Crippen LogP contribution in [0.4, 0.5) is 5.69 Å². The minimum Gasteiger partial charge on any atom is -0.481 e. The molecule has 0 aliphatic carbocycles. The normalized spacial score (nSPS) is 14.8. The van der Waals surface area contributed by atoms with Crippen LogP contribution in [0.25, 0.3) is 0 Å². The zero-order chi connectivity index (χ0) is 14.5. The molecule has 1 amide bonds. The van der Waals surface area contributed by atoms with Crippen LogP contribution in [0.5, 0.6) is 0 Å². The number of aliphatic carboxylic acids is 1. The molecule has 1 aromatic carbocycles. The first kappa shape index (κ1) is 14.4. The van der Waals surface area contributed by atoms with Gasteiger partial charge in [0.25, 0.3) is 5.91 Å². The second-order valence-electron chi connectivity index (χ2n) is 5.32. The molecule has 3 N–H and O–H groups in total. The molecule has 1 atom stereocenters. The third kappa shape index (κ3) is 3.73. The Labute approximate surface area is 118 Å². The maximum Gasteiger partial charge on any atom is 0.303 e. The molecule has 1 aliphatic rings. The Morgan fingerprint density at radius 2 is 2.25 bits per heavy atom. The summed E-state index contributed by atoms with van der Waals surface area (Å²) in [6.45, 7) is 3.16. The Hall–Kier alpha value is -2.04. The SMILES string of the molecule is CC(CNC(=O)c1ccc2c(c1)CCCN2)CC(=O)O. The lowest BCUT2D eigenvalue weighted by molar-refractivity contribution is -0.137. The molecule has 0 saturated heterocycles. The highest BCUT2D eigenvalue weighted by Gasteiger charge is 2.14. The molecule has 1 aliphatic heterocycles. The summed E-state index contributed by atoms with van der Waals surface area (Å²) in [6.07, 6.45) is 2.13. The summed E-state index contributed by atoms with van der Waals surface area (Å²) in [5.41, 5.74) is 2.91. The van der Waals surface area contributed by atoms with Gasteiger partial charge in [0, 0.05) is 30.8 Å². The van der Waals surface area contributed by atoms with E-state index in [1.807, 2.05) is 19.1 Å². The number of benzene rings is 1. The summed E-state index contributed by atoms with van der Waals surface area (Å²) >= 11 is 0. The van der Waals surface area contributed by atoms with E-state index in [1.54, 1.807) is 6.07 Å². The quantitative estimate of drug-likeness (QED) is 0.767. The van der Waals surface area contributed by atoms with E-state index < -0.39 is 5.97 Å². The number of rotatable bonds is 5. The van der Waals surface area contributed by atoms with Crippen molar-refractivity contribution in [1.82, 2.24) is 5.32 Å². The molecule has 0 fully saturated rings. The number of hydrogen-bond acceptors (Lipinski definition) is 3. The summed E-state index contributed by atoms with van der Waals surface area (Å²) in [6, 6.07) is 5.65. The molecular formula is C15H20N2O3. The van der Waals surface area contributed by atoms with Gasteiger partial charge in [0.2, 0.25) is 0 Å². The smallest absolute Gasteiger partial charge is 0.303 e. The van der Waals surface area contributed by atoms with Crippen molar-refractivity contribution in [3.05, 3.63) is 29.3 Å². The zero-order valence-corrected chi connectivity index (χ0v) is 11.6. The Balaban J connectivity index is 1.94. The lowest BCUT2D eigenvalue weighted by atomic mass is 10.0. The van der Waals surface area contributed by atoms with Crippen LogP contribution >= 0.6 is 0 Å². The van der Waals surface area contributed by atoms with Crippen LogP contribution in [0, 0.1) is 5.92 Å². The summed E-state index contributed by atoms with van der Waals surface area (Å²) < 4.78 is 0. The second kappa shape index (κ2) is 6.41. The minimum absolute atomic E-state index is 0.0639. The lowest BCUT2D eigenvalue weighted by Gasteiger charge is -2.18. The van der Waals surface area contributed by atoms with Crippen molar-refractivity contribution in [2.45, 2.75) is 26.2 Å². The van der Waals surface area contributed by atoms with Gasteiger partial charge in [0.1, 0.15) is 0 Å². The van der Waals surface area contributed by atoms with E-state index >= 15 is 0 Å². The van der Waals surface area contributed by atoms with Gasteiger partial charge in [0.05, 0.1) is 0 Å². The highest BCUT2D eigenvalue weighted by Crippen LogP contribution is 2.22.